The van der Waals surface area contributed by atoms with E-state index in [1.807, 2.05) is 47.8 Å². The van der Waals surface area contributed by atoms with Gasteiger partial charge in [-0.05, 0) is 11.4 Å². The maximum atomic E-state index is 11.9. The SMILES string of the molecule is O=c1oc(-c2cccs2)nn1Cc1cc(-c2ccccc2)on1. The molecule has 0 saturated carbocycles. The molecule has 0 saturated heterocycles. The van der Waals surface area contributed by atoms with Crippen LogP contribution in [0.1, 0.15) is 5.69 Å². The van der Waals surface area contributed by atoms with Crippen LogP contribution in [-0.2, 0) is 6.54 Å². The number of hydrogen-bond donors (Lipinski definition) is 0. The molecule has 0 atom stereocenters. The molecule has 3 heterocycles. The first-order chi connectivity index (χ1) is 11.3. The molecule has 0 N–H and O–H groups in total. The Morgan fingerprint density at radius 1 is 1.13 bits per heavy atom. The minimum absolute atomic E-state index is 0.198. The monoisotopic (exact) mass is 325 g/mol. The van der Waals surface area contributed by atoms with Crippen molar-refractivity contribution in [1.29, 1.82) is 0 Å². The maximum absolute atomic E-state index is 11.9. The van der Waals surface area contributed by atoms with E-state index in [-0.39, 0.29) is 6.54 Å². The minimum atomic E-state index is -0.516. The van der Waals surface area contributed by atoms with Gasteiger partial charge in [0.05, 0.1) is 11.4 Å². The lowest BCUT2D eigenvalue weighted by atomic mass is 10.2. The summed E-state index contributed by atoms with van der Waals surface area (Å²) >= 11 is 1.46. The molecule has 0 spiro atoms. The average Bonchev–Trinajstić information content (AvgIpc) is 3.31. The summed E-state index contributed by atoms with van der Waals surface area (Å²) in [5, 5.41) is 10.1. The predicted octanol–water partition coefficient (Wildman–Crippen LogP) is 3.27. The van der Waals surface area contributed by atoms with Gasteiger partial charge in [-0.25, -0.2) is 4.79 Å². The van der Waals surface area contributed by atoms with Crippen molar-refractivity contribution < 1.29 is 8.94 Å². The van der Waals surface area contributed by atoms with Crippen molar-refractivity contribution in [2.75, 3.05) is 0 Å². The van der Waals surface area contributed by atoms with Crippen molar-refractivity contribution in [2.45, 2.75) is 6.54 Å². The highest BCUT2D eigenvalue weighted by molar-refractivity contribution is 7.13. The number of thiophene rings is 1. The van der Waals surface area contributed by atoms with Crippen LogP contribution in [0.3, 0.4) is 0 Å². The second-order valence-electron chi connectivity index (χ2n) is 4.86. The Labute approximate surface area is 134 Å². The number of aromatic nitrogens is 3. The van der Waals surface area contributed by atoms with E-state index in [4.69, 9.17) is 8.94 Å². The van der Waals surface area contributed by atoms with Gasteiger partial charge in [-0.3, -0.25) is 0 Å². The van der Waals surface area contributed by atoms with Crippen molar-refractivity contribution in [3.05, 3.63) is 70.2 Å². The van der Waals surface area contributed by atoms with E-state index in [0.717, 1.165) is 10.4 Å². The molecule has 1 aromatic carbocycles. The molecule has 7 heteroatoms. The molecule has 4 rings (SSSR count). The fourth-order valence-corrected chi connectivity index (χ4v) is 2.83. The third-order valence-electron chi connectivity index (χ3n) is 3.27. The lowest BCUT2D eigenvalue weighted by Gasteiger charge is -1.92. The van der Waals surface area contributed by atoms with Crippen LogP contribution >= 0.6 is 11.3 Å². The average molecular weight is 325 g/mol. The van der Waals surface area contributed by atoms with Gasteiger partial charge in [0.2, 0.25) is 0 Å². The van der Waals surface area contributed by atoms with Gasteiger partial charge in [0, 0.05) is 11.6 Å². The highest BCUT2D eigenvalue weighted by Crippen LogP contribution is 2.22. The van der Waals surface area contributed by atoms with Crippen LogP contribution in [0.15, 0.2) is 67.6 Å². The zero-order valence-corrected chi connectivity index (χ0v) is 12.7. The van der Waals surface area contributed by atoms with E-state index in [9.17, 15) is 4.79 Å². The summed E-state index contributed by atoms with van der Waals surface area (Å²) in [7, 11) is 0. The molecule has 0 aliphatic heterocycles. The summed E-state index contributed by atoms with van der Waals surface area (Å²) < 4.78 is 11.7. The van der Waals surface area contributed by atoms with Gasteiger partial charge in [-0.15, -0.1) is 16.4 Å². The lowest BCUT2D eigenvalue weighted by Crippen LogP contribution is -2.16. The van der Waals surface area contributed by atoms with Gasteiger partial charge in [0.25, 0.3) is 5.89 Å². The third kappa shape index (κ3) is 2.74. The van der Waals surface area contributed by atoms with E-state index in [0.29, 0.717) is 17.3 Å². The first kappa shape index (κ1) is 13.7. The summed E-state index contributed by atoms with van der Waals surface area (Å²) in [4.78, 5) is 12.7. The molecule has 6 nitrogen and oxygen atoms in total. The first-order valence-corrected chi connectivity index (χ1v) is 7.80. The van der Waals surface area contributed by atoms with Crippen molar-refractivity contribution >= 4 is 11.3 Å². The largest absolute Gasteiger partial charge is 0.437 e. The van der Waals surface area contributed by atoms with E-state index in [1.54, 1.807) is 6.07 Å². The van der Waals surface area contributed by atoms with Crippen LogP contribution in [0, 0.1) is 0 Å². The Kier molecular flexibility index (Phi) is 3.39. The highest BCUT2D eigenvalue weighted by atomic mass is 32.1. The van der Waals surface area contributed by atoms with Crippen molar-refractivity contribution in [3.8, 4) is 22.1 Å². The topological polar surface area (TPSA) is 74.1 Å². The Morgan fingerprint density at radius 2 is 2.00 bits per heavy atom. The van der Waals surface area contributed by atoms with Gasteiger partial charge >= 0.3 is 5.76 Å². The number of benzene rings is 1. The molecular formula is C16H11N3O3S. The first-order valence-electron chi connectivity index (χ1n) is 6.92. The van der Waals surface area contributed by atoms with Crippen LogP contribution in [0.4, 0.5) is 0 Å². The number of hydrogen-bond acceptors (Lipinski definition) is 6. The van der Waals surface area contributed by atoms with Crippen LogP contribution in [0.25, 0.3) is 22.1 Å². The summed E-state index contributed by atoms with van der Waals surface area (Å²) in [6, 6.07) is 15.2. The molecule has 114 valence electrons. The quantitative estimate of drug-likeness (QED) is 0.576. The van der Waals surface area contributed by atoms with E-state index < -0.39 is 5.76 Å². The predicted molar refractivity (Wildman–Crippen MR) is 85.1 cm³/mol. The second kappa shape index (κ2) is 5.69. The molecule has 0 amide bonds. The van der Waals surface area contributed by atoms with Crippen LogP contribution in [-0.4, -0.2) is 14.9 Å². The van der Waals surface area contributed by atoms with Gasteiger partial charge in [0.15, 0.2) is 5.76 Å². The zero-order chi connectivity index (χ0) is 15.6. The van der Waals surface area contributed by atoms with E-state index in [1.165, 1.54) is 16.0 Å². The molecule has 0 aliphatic carbocycles. The fourth-order valence-electron chi connectivity index (χ4n) is 2.18. The van der Waals surface area contributed by atoms with Gasteiger partial charge in [0.1, 0.15) is 5.69 Å². The Hall–Kier alpha value is -2.93. The van der Waals surface area contributed by atoms with E-state index >= 15 is 0 Å². The van der Waals surface area contributed by atoms with Crippen LogP contribution in [0.5, 0.6) is 0 Å². The summed E-state index contributed by atoms with van der Waals surface area (Å²) in [6.45, 7) is 0.198. The Morgan fingerprint density at radius 3 is 2.78 bits per heavy atom. The molecule has 3 aromatic heterocycles. The Bertz CT molecular complexity index is 968. The van der Waals surface area contributed by atoms with Crippen LogP contribution in [0.2, 0.25) is 0 Å². The molecular weight excluding hydrogens is 314 g/mol. The lowest BCUT2D eigenvalue weighted by molar-refractivity contribution is 0.416. The van der Waals surface area contributed by atoms with Gasteiger partial charge in [-0.2, -0.15) is 4.68 Å². The molecule has 0 radical (unpaired) electrons. The standard InChI is InChI=1S/C16H11N3O3S/c20-16-19(17-15(21-16)14-7-4-8-23-14)10-12-9-13(22-18-12)11-5-2-1-3-6-11/h1-9H,10H2. The third-order valence-corrected chi connectivity index (χ3v) is 4.13. The molecule has 23 heavy (non-hydrogen) atoms. The fraction of sp³-hybridized carbons (Fsp3) is 0.0625. The molecule has 0 fully saturated rings. The van der Waals surface area contributed by atoms with Crippen molar-refractivity contribution in [1.82, 2.24) is 14.9 Å². The number of rotatable bonds is 4. The minimum Gasteiger partial charge on any atom is -0.387 e. The van der Waals surface area contributed by atoms with Gasteiger partial charge < -0.3 is 8.94 Å². The van der Waals surface area contributed by atoms with Crippen LogP contribution < -0.4 is 5.76 Å². The Balaban J connectivity index is 1.60. The van der Waals surface area contributed by atoms with Gasteiger partial charge in [-0.1, -0.05) is 41.6 Å². The normalized spacial score (nSPS) is 11.0. The summed E-state index contributed by atoms with van der Waals surface area (Å²) in [6.07, 6.45) is 0. The molecule has 0 bridgehead atoms. The molecule has 4 aromatic rings. The second-order valence-corrected chi connectivity index (χ2v) is 5.80. The maximum Gasteiger partial charge on any atom is 0.437 e. The van der Waals surface area contributed by atoms with Crippen molar-refractivity contribution in [2.24, 2.45) is 0 Å². The summed E-state index contributed by atoms with van der Waals surface area (Å²) in [5.41, 5.74) is 1.54. The smallest absolute Gasteiger partial charge is 0.387 e. The summed E-state index contributed by atoms with van der Waals surface area (Å²) in [5.74, 6) is 0.449. The number of nitrogens with zero attached hydrogens (tertiary/aromatic N) is 3. The van der Waals surface area contributed by atoms with Crippen molar-refractivity contribution in [3.63, 3.8) is 0 Å². The molecule has 0 unspecified atom stereocenters. The highest BCUT2D eigenvalue weighted by Gasteiger charge is 2.13. The molecule has 0 aliphatic rings. The van der Waals surface area contributed by atoms with E-state index in [2.05, 4.69) is 10.3 Å². The zero-order valence-electron chi connectivity index (χ0n) is 11.9.